The van der Waals surface area contributed by atoms with Crippen LogP contribution in [0.4, 0.5) is 0 Å². The Morgan fingerprint density at radius 3 is 2.86 bits per heavy atom. The van der Waals surface area contributed by atoms with E-state index in [4.69, 9.17) is 19.3 Å². The van der Waals surface area contributed by atoms with Crippen molar-refractivity contribution in [3.8, 4) is 5.75 Å². The maximum Gasteiger partial charge on any atom is 0.256 e. The SMILES string of the molecule is CNC(=O)c1c(C)oc2cc(O/C(=C/C=N)c3[nH]cc(C(=O)N4CCCC4COC)c3C)ccc12. The number of hydrogen-bond donors (Lipinski definition) is 3. The van der Waals surface area contributed by atoms with Gasteiger partial charge in [0, 0.05) is 50.6 Å². The predicted octanol–water partition coefficient (Wildman–Crippen LogP) is 4.06. The number of furan rings is 1. The average molecular weight is 479 g/mol. The third kappa shape index (κ3) is 4.59. The smallest absolute Gasteiger partial charge is 0.256 e. The number of H-pyrrole nitrogens is 1. The van der Waals surface area contributed by atoms with Crippen molar-refractivity contribution >= 4 is 34.8 Å². The molecule has 9 heteroatoms. The number of benzene rings is 1. The third-order valence-electron chi connectivity index (χ3n) is 6.37. The summed E-state index contributed by atoms with van der Waals surface area (Å²) < 4.78 is 17.2. The lowest BCUT2D eigenvalue weighted by atomic mass is 10.1. The second-order valence-electron chi connectivity index (χ2n) is 8.52. The monoisotopic (exact) mass is 478 g/mol. The van der Waals surface area contributed by atoms with Crippen LogP contribution in [-0.4, -0.2) is 61.3 Å². The molecule has 3 aromatic rings. The van der Waals surface area contributed by atoms with E-state index >= 15 is 0 Å². The molecule has 2 amide bonds. The van der Waals surface area contributed by atoms with Crippen molar-refractivity contribution in [2.75, 3.05) is 27.3 Å². The van der Waals surface area contributed by atoms with Crippen LogP contribution >= 0.6 is 0 Å². The lowest BCUT2D eigenvalue weighted by Gasteiger charge is -2.24. The van der Waals surface area contributed by atoms with Crippen LogP contribution in [0.15, 0.2) is 34.9 Å². The zero-order chi connectivity index (χ0) is 25.1. The average Bonchev–Trinajstić information content (AvgIpc) is 3.54. The molecule has 1 aromatic carbocycles. The Hall–Kier alpha value is -3.85. The molecule has 0 spiro atoms. The number of hydrogen-bond acceptors (Lipinski definition) is 6. The van der Waals surface area contributed by atoms with Crippen molar-refractivity contribution in [2.24, 2.45) is 0 Å². The Labute approximate surface area is 203 Å². The number of carbonyl (C=O) groups excluding carboxylic acids is 2. The number of nitrogens with zero attached hydrogens (tertiary/aromatic N) is 1. The van der Waals surface area contributed by atoms with Crippen LogP contribution in [0.1, 0.15) is 50.6 Å². The van der Waals surface area contributed by atoms with Gasteiger partial charge < -0.3 is 34.5 Å². The quantitative estimate of drug-likeness (QED) is 0.333. The molecule has 0 radical (unpaired) electrons. The van der Waals surface area contributed by atoms with Gasteiger partial charge in [-0.15, -0.1) is 0 Å². The number of aromatic amines is 1. The summed E-state index contributed by atoms with van der Waals surface area (Å²) >= 11 is 0. The molecule has 35 heavy (non-hydrogen) atoms. The number of amides is 2. The van der Waals surface area contributed by atoms with E-state index in [1.54, 1.807) is 45.5 Å². The second-order valence-corrected chi connectivity index (χ2v) is 8.52. The van der Waals surface area contributed by atoms with Crippen molar-refractivity contribution < 1.29 is 23.5 Å². The molecule has 184 valence electrons. The first-order valence-electron chi connectivity index (χ1n) is 11.5. The number of ether oxygens (including phenoxy) is 2. The maximum atomic E-state index is 13.3. The van der Waals surface area contributed by atoms with E-state index in [0.29, 0.717) is 58.2 Å². The molecule has 4 rings (SSSR count). The van der Waals surface area contributed by atoms with Crippen LogP contribution in [0, 0.1) is 19.3 Å². The molecule has 3 heterocycles. The van der Waals surface area contributed by atoms with Crippen LogP contribution in [-0.2, 0) is 4.74 Å². The normalized spacial score (nSPS) is 16.1. The number of likely N-dealkylation sites (tertiary alicyclic amines) is 1. The van der Waals surface area contributed by atoms with E-state index in [1.807, 2.05) is 11.8 Å². The third-order valence-corrected chi connectivity index (χ3v) is 6.37. The predicted molar refractivity (Wildman–Crippen MR) is 133 cm³/mol. The van der Waals surface area contributed by atoms with Gasteiger partial charge in [0.2, 0.25) is 0 Å². The Morgan fingerprint density at radius 2 is 2.14 bits per heavy atom. The van der Waals surface area contributed by atoms with Gasteiger partial charge in [-0.25, -0.2) is 0 Å². The molecule has 0 aliphatic carbocycles. The molecule has 1 atom stereocenters. The van der Waals surface area contributed by atoms with Gasteiger partial charge in [0.1, 0.15) is 17.1 Å². The Morgan fingerprint density at radius 1 is 1.34 bits per heavy atom. The number of rotatable bonds is 8. The highest BCUT2D eigenvalue weighted by Gasteiger charge is 2.31. The number of nitrogens with one attached hydrogen (secondary N) is 3. The Balaban J connectivity index is 1.62. The minimum Gasteiger partial charge on any atom is -0.460 e. The van der Waals surface area contributed by atoms with Gasteiger partial charge in [-0.05, 0) is 44.4 Å². The Kier molecular flexibility index (Phi) is 7.07. The summed E-state index contributed by atoms with van der Waals surface area (Å²) in [5.41, 5.74) is 2.92. The minimum absolute atomic E-state index is 0.0482. The largest absolute Gasteiger partial charge is 0.460 e. The van der Waals surface area contributed by atoms with Gasteiger partial charge in [0.15, 0.2) is 5.76 Å². The lowest BCUT2D eigenvalue weighted by Crippen LogP contribution is -2.38. The lowest BCUT2D eigenvalue weighted by molar-refractivity contribution is 0.0630. The molecule has 1 aliphatic rings. The highest BCUT2D eigenvalue weighted by atomic mass is 16.5. The van der Waals surface area contributed by atoms with E-state index in [0.717, 1.165) is 24.6 Å². The van der Waals surface area contributed by atoms with Gasteiger partial charge in [0.25, 0.3) is 11.8 Å². The van der Waals surface area contributed by atoms with E-state index in [9.17, 15) is 9.59 Å². The second kappa shape index (κ2) is 10.2. The summed E-state index contributed by atoms with van der Waals surface area (Å²) in [7, 11) is 3.22. The summed E-state index contributed by atoms with van der Waals surface area (Å²) in [4.78, 5) is 30.5. The summed E-state index contributed by atoms with van der Waals surface area (Å²) in [6.07, 6.45) is 6.21. The summed E-state index contributed by atoms with van der Waals surface area (Å²) in [6, 6.07) is 5.29. The number of methoxy groups -OCH3 is 1. The van der Waals surface area contributed by atoms with Gasteiger partial charge in [-0.1, -0.05) is 0 Å². The van der Waals surface area contributed by atoms with Gasteiger partial charge in [0.05, 0.1) is 29.5 Å². The van der Waals surface area contributed by atoms with Crippen molar-refractivity contribution in [3.05, 3.63) is 58.6 Å². The molecule has 0 saturated carbocycles. The number of aryl methyl sites for hydroxylation is 1. The van der Waals surface area contributed by atoms with Crippen molar-refractivity contribution in [1.29, 1.82) is 5.41 Å². The van der Waals surface area contributed by atoms with Crippen LogP contribution in [0.5, 0.6) is 5.75 Å². The zero-order valence-electron chi connectivity index (χ0n) is 20.4. The van der Waals surface area contributed by atoms with E-state index in [2.05, 4.69) is 10.3 Å². The molecule has 9 nitrogen and oxygen atoms in total. The first kappa shape index (κ1) is 24.3. The molecule has 0 bridgehead atoms. The standard InChI is InChI=1S/C26H30N4O5/c1-15-20(26(32)30-11-5-6-17(30)14-33-4)13-29-24(15)21(9-10-27)35-18-7-8-19-22(12-18)34-16(2)23(19)25(31)28-3/h7-10,12-13,17,27,29H,5-6,11,14H2,1-4H3,(H,28,31)/b21-9+,27-10?. The summed E-state index contributed by atoms with van der Waals surface area (Å²) in [5, 5.41) is 10.9. The van der Waals surface area contributed by atoms with E-state index < -0.39 is 0 Å². The molecule has 3 N–H and O–H groups in total. The maximum absolute atomic E-state index is 13.3. The molecular weight excluding hydrogens is 448 g/mol. The van der Waals surface area contributed by atoms with Crippen LogP contribution in [0.3, 0.4) is 0 Å². The van der Waals surface area contributed by atoms with Crippen LogP contribution in [0.25, 0.3) is 16.7 Å². The van der Waals surface area contributed by atoms with Gasteiger partial charge in [-0.3, -0.25) is 9.59 Å². The molecule has 2 aromatic heterocycles. The first-order valence-corrected chi connectivity index (χ1v) is 11.5. The van der Waals surface area contributed by atoms with Crippen molar-refractivity contribution in [3.63, 3.8) is 0 Å². The number of aromatic nitrogens is 1. The zero-order valence-corrected chi connectivity index (χ0v) is 20.4. The summed E-state index contributed by atoms with van der Waals surface area (Å²) in [5.74, 6) is 1.12. The highest BCUT2D eigenvalue weighted by Crippen LogP contribution is 2.32. The van der Waals surface area contributed by atoms with E-state index in [-0.39, 0.29) is 17.9 Å². The number of carbonyl (C=O) groups is 2. The van der Waals surface area contributed by atoms with Gasteiger partial charge >= 0.3 is 0 Å². The van der Waals surface area contributed by atoms with Crippen molar-refractivity contribution in [2.45, 2.75) is 32.7 Å². The molecular formula is C26H30N4O5. The fraction of sp³-hybridized carbons (Fsp3) is 0.346. The number of fused-ring (bicyclic) bond motifs is 1. The molecule has 1 aliphatic heterocycles. The number of allylic oxidation sites excluding steroid dienone is 1. The van der Waals surface area contributed by atoms with E-state index in [1.165, 1.54) is 6.08 Å². The fourth-order valence-corrected chi connectivity index (χ4v) is 4.64. The Bertz CT molecular complexity index is 1300. The summed E-state index contributed by atoms with van der Waals surface area (Å²) in [6.45, 7) is 4.81. The topological polar surface area (TPSA) is 121 Å². The highest BCUT2D eigenvalue weighted by molar-refractivity contribution is 6.07. The minimum atomic E-state index is -0.218. The van der Waals surface area contributed by atoms with Gasteiger partial charge in [-0.2, -0.15) is 0 Å². The van der Waals surface area contributed by atoms with Crippen LogP contribution in [0.2, 0.25) is 0 Å². The van der Waals surface area contributed by atoms with Crippen molar-refractivity contribution in [1.82, 2.24) is 15.2 Å². The fourth-order valence-electron chi connectivity index (χ4n) is 4.64. The molecule has 1 unspecified atom stereocenters. The first-order chi connectivity index (χ1) is 16.9. The van der Waals surface area contributed by atoms with Crippen LogP contribution < -0.4 is 10.1 Å². The molecule has 1 saturated heterocycles. The molecule has 1 fully saturated rings.